The van der Waals surface area contributed by atoms with E-state index in [1.54, 1.807) is 0 Å². The van der Waals surface area contributed by atoms with Crippen molar-refractivity contribution in [2.75, 3.05) is 0 Å². The van der Waals surface area contributed by atoms with E-state index in [-0.39, 0.29) is 5.92 Å². The Morgan fingerprint density at radius 2 is 0.868 bits per heavy atom. The van der Waals surface area contributed by atoms with Gasteiger partial charge in [-0.15, -0.1) is 0 Å². The molecule has 38 heavy (non-hydrogen) atoms. The van der Waals surface area contributed by atoms with Crippen molar-refractivity contribution in [3.05, 3.63) is 155 Å². The largest absolute Gasteiger partial charge is 0.354 e. The van der Waals surface area contributed by atoms with E-state index in [1.165, 1.54) is 38.6 Å². The molecule has 0 saturated heterocycles. The number of aromatic amines is 2. The molecule has 0 aliphatic rings. The number of fused-ring (bicyclic) bond motifs is 2. The molecular formula is C35H25BrN2. The minimum absolute atomic E-state index is 0.0386. The third kappa shape index (κ3) is 3.79. The van der Waals surface area contributed by atoms with E-state index in [9.17, 15) is 0 Å². The third-order valence-electron chi connectivity index (χ3n) is 7.41. The van der Waals surface area contributed by atoms with Crippen molar-refractivity contribution >= 4 is 37.7 Å². The minimum Gasteiger partial charge on any atom is -0.354 e. The van der Waals surface area contributed by atoms with Crippen LogP contribution in [-0.4, -0.2) is 9.97 Å². The maximum Gasteiger partial charge on any atom is 0.0507 e. The fraction of sp³-hybridized carbons (Fsp3) is 0.0286. The molecule has 7 rings (SSSR count). The van der Waals surface area contributed by atoms with Gasteiger partial charge >= 0.3 is 0 Å². The van der Waals surface area contributed by atoms with Crippen LogP contribution < -0.4 is 0 Å². The summed E-state index contributed by atoms with van der Waals surface area (Å²) in [6, 6.07) is 47.3. The highest BCUT2D eigenvalue weighted by Gasteiger charge is 2.31. The highest BCUT2D eigenvalue weighted by molar-refractivity contribution is 9.10. The van der Waals surface area contributed by atoms with Gasteiger partial charge in [-0.05, 0) is 46.0 Å². The maximum absolute atomic E-state index is 3.94. The van der Waals surface area contributed by atoms with Crippen molar-refractivity contribution in [2.24, 2.45) is 0 Å². The lowest BCUT2D eigenvalue weighted by molar-refractivity contribution is 0.995. The number of rotatable bonds is 5. The lowest BCUT2D eigenvalue weighted by Gasteiger charge is -2.23. The van der Waals surface area contributed by atoms with E-state index in [2.05, 4.69) is 159 Å². The van der Waals surface area contributed by atoms with Gasteiger partial charge in [-0.3, -0.25) is 0 Å². The van der Waals surface area contributed by atoms with E-state index in [0.717, 1.165) is 26.9 Å². The van der Waals surface area contributed by atoms with Crippen molar-refractivity contribution < 1.29 is 0 Å². The molecule has 2 heterocycles. The summed E-state index contributed by atoms with van der Waals surface area (Å²) in [5, 5.41) is 2.47. The van der Waals surface area contributed by atoms with Gasteiger partial charge in [0.15, 0.2) is 0 Å². The molecular weight excluding hydrogens is 528 g/mol. The molecule has 182 valence electrons. The van der Waals surface area contributed by atoms with Crippen LogP contribution in [0.25, 0.3) is 44.3 Å². The average molecular weight is 554 g/mol. The molecule has 2 nitrogen and oxygen atoms in total. The summed E-state index contributed by atoms with van der Waals surface area (Å²) in [6.45, 7) is 0. The van der Waals surface area contributed by atoms with Crippen molar-refractivity contribution in [1.82, 2.24) is 9.97 Å². The zero-order chi connectivity index (χ0) is 25.5. The Morgan fingerprint density at radius 3 is 1.37 bits per heavy atom. The van der Waals surface area contributed by atoms with E-state index in [4.69, 9.17) is 0 Å². The van der Waals surface area contributed by atoms with Crippen molar-refractivity contribution in [2.45, 2.75) is 5.92 Å². The average Bonchev–Trinajstić information content (AvgIpc) is 3.55. The van der Waals surface area contributed by atoms with Crippen LogP contribution in [0.3, 0.4) is 0 Å². The van der Waals surface area contributed by atoms with Crippen LogP contribution in [0.4, 0.5) is 0 Å². The molecule has 0 aliphatic carbocycles. The first-order valence-electron chi connectivity index (χ1n) is 12.9. The molecule has 0 bridgehead atoms. The summed E-state index contributed by atoms with van der Waals surface area (Å²) < 4.78 is 1.10. The normalized spacial score (nSPS) is 11.5. The van der Waals surface area contributed by atoms with E-state index in [1.807, 2.05) is 0 Å². The van der Waals surface area contributed by atoms with Gasteiger partial charge in [-0.1, -0.05) is 131 Å². The molecule has 0 fully saturated rings. The quantitative estimate of drug-likeness (QED) is 0.213. The van der Waals surface area contributed by atoms with Crippen LogP contribution in [0.2, 0.25) is 0 Å². The van der Waals surface area contributed by atoms with Gasteiger partial charge < -0.3 is 9.97 Å². The molecule has 7 aromatic rings. The van der Waals surface area contributed by atoms with Gasteiger partial charge in [0.1, 0.15) is 0 Å². The van der Waals surface area contributed by atoms with Crippen LogP contribution in [0, 0.1) is 0 Å². The van der Waals surface area contributed by atoms with Crippen LogP contribution in [-0.2, 0) is 0 Å². The number of H-pyrrole nitrogens is 2. The second-order valence-corrected chi connectivity index (χ2v) is 10.5. The SMILES string of the molecule is Brc1ccccc1C(c1c(-c2ccccc2)[nH]c2ccccc12)c1c(-c2ccccc2)[nH]c2ccccc12. The zero-order valence-corrected chi connectivity index (χ0v) is 22.2. The molecule has 0 amide bonds. The highest BCUT2D eigenvalue weighted by Crippen LogP contribution is 2.48. The lowest BCUT2D eigenvalue weighted by atomic mass is 9.80. The zero-order valence-electron chi connectivity index (χ0n) is 20.7. The highest BCUT2D eigenvalue weighted by atomic mass is 79.9. The Labute approximate surface area is 230 Å². The minimum atomic E-state index is -0.0386. The van der Waals surface area contributed by atoms with E-state index < -0.39 is 0 Å². The van der Waals surface area contributed by atoms with Crippen molar-refractivity contribution in [3.63, 3.8) is 0 Å². The number of para-hydroxylation sites is 2. The van der Waals surface area contributed by atoms with Crippen LogP contribution in [0.1, 0.15) is 22.6 Å². The number of nitrogens with one attached hydrogen (secondary N) is 2. The van der Waals surface area contributed by atoms with Crippen molar-refractivity contribution in [1.29, 1.82) is 0 Å². The van der Waals surface area contributed by atoms with Crippen LogP contribution >= 0.6 is 15.9 Å². The Morgan fingerprint density at radius 1 is 0.447 bits per heavy atom. The third-order valence-corrected chi connectivity index (χ3v) is 8.13. The number of benzene rings is 5. The Kier molecular flexibility index (Phi) is 5.71. The number of halogens is 1. The Hall–Kier alpha value is -4.34. The monoisotopic (exact) mass is 552 g/mol. The molecule has 2 N–H and O–H groups in total. The first-order valence-corrected chi connectivity index (χ1v) is 13.7. The predicted octanol–water partition coefficient (Wildman–Crippen LogP) is 9.93. The molecule has 0 saturated carbocycles. The fourth-order valence-corrected chi connectivity index (χ4v) is 6.27. The van der Waals surface area contributed by atoms with E-state index >= 15 is 0 Å². The number of aromatic nitrogens is 2. The Bertz CT molecular complexity index is 1760. The summed E-state index contributed by atoms with van der Waals surface area (Å²) in [7, 11) is 0. The first kappa shape index (κ1) is 22.8. The summed E-state index contributed by atoms with van der Waals surface area (Å²) in [4.78, 5) is 7.59. The first-order chi connectivity index (χ1) is 18.8. The topological polar surface area (TPSA) is 31.6 Å². The smallest absolute Gasteiger partial charge is 0.0507 e. The van der Waals surface area contributed by atoms with Crippen LogP contribution in [0.5, 0.6) is 0 Å². The second-order valence-electron chi connectivity index (χ2n) is 9.61. The molecule has 0 spiro atoms. The van der Waals surface area contributed by atoms with Gasteiger partial charge in [0.25, 0.3) is 0 Å². The van der Waals surface area contributed by atoms with Gasteiger partial charge in [0.2, 0.25) is 0 Å². The standard InChI is InChI=1S/C35H25BrN2/c36-28-20-10-7-17-25(28)31(32-26-18-8-11-21-29(26)37-34(32)23-13-3-1-4-14-23)33-27-19-9-12-22-30(27)38-35(33)24-15-5-2-6-16-24/h1-22,31,37-38H. The lowest BCUT2D eigenvalue weighted by Crippen LogP contribution is -2.07. The molecule has 5 aromatic carbocycles. The van der Waals surface area contributed by atoms with Gasteiger partial charge in [0, 0.05) is 32.2 Å². The predicted molar refractivity (Wildman–Crippen MR) is 163 cm³/mol. The molecule has 0 unspecified atom stereocenters. The summed E-state index contributed by atoms with van der Waals surface area (Å²) in [5.74, 6) is -0.0386. The number of hydrogen-bond donors (Lipinski definition) is 2. The fourth-order valence-electron chi connectivity index (χ4n) is 5.76. The van der Waals surface area contributed by atoms with Gasteiger partial charge in [0.05, 0.1) is 11.4 Å². The molecule has 0 radical (unpaired) electrons. The second kappa shape index (κ2) is 9.51. The summed E-state index contributed by atoms with van der Waals surface area (Å²) >= 11 is 3.94. The molecule has 3 heteroatoms. The van der Waals surface area contributed by atoms with Crippen LogP contribution in [0.15, 0.2) is 138 Å². The van der Waals surface area contributed by atoms with Crippen molar-refractivity contribution in [3.8, 4) is 22.5 Å². The summed E-state index contributed by atoms with van der Waals surface area (Å²) in [6.07, 6.45) is 0. The molecule has 0 aliphatic heterocycles. The van der Waals surface area contributed by atoms with Gasteiger partial charge in [-0.2, -0.15) is 0 Å². The maximum atomic E-state index is 3.94. The van der Waals surface area contributed by atoms with Gasteiger partial charge in [-0.25, -0.2) is 0 Å². The number of hydrogen-bond acceptors (Lipinski definition) is 0. The van der Waals surface area contributed by atoms with E-state index in [0.29, 0.717) is 0 Å². The Balaban J connectivity index is 1.64. The molecule has 0 atom stereocenters. The molecule has 2 aromatic heterocycles. The summed E-state index contributed by atoms with van der Waals surface area (Å²) in [5.41, 5.74) is 10.7.